The maximum atomic E-state index is 11.9. The van der Waals surface area contributed by atoms with Crippen molar-refractivity contribution in [3.8, 4) is 10.4 Å². The van der Waals surface area contributed by atoms with E-state index in [1.807, 2.05) is 13.0 Å². The van der Waals surface area contributed by atoms with Crippen molar-refractivity contribution < 1.29 is 18.1 Å². The van der Waals surface area contributed by atoms with Crippen molar-refractivity contribution in [3.63, 3.8) is 0 Å². The molecule has 0 saturated carbocycles. The molecule has 3 aromatic rings. The van der Waals surface area contributed by atoms with Crippen LogP contribution >= 0.6 is 22.9 Å². The van der Waals surface area contributed by atoms with Gasteiger partial charge in [-0.15, -0.1) is 11.3 Å². The largest absolute Gasteiger partial charge is 0.370 e. The van der Waals surface area contributed by atoms with Gasteiger partial charge in [0, 0.05) is 11.1 Å². The Morgan fingerprint density at radius 1 is 1.22 bits per heavy atom. The van der Waals surface area contributed by atoms with Gasteiger partial charge in [-0.2, -0.15) is 4.98 Å². The van der Waals surface area contributed by atoms with Crippen LogP contribution in [-0.2, 0) is 14.6 Å². The van der Waals surface area contributed by atoms with Crippen LogP contribution in [0.4, 0.5) is 5.82 Å². The molecule has 9 heteroatoms. The van der Waals surface area contributed by atoms with Crippen LogP contribution in [0.5, 0.6) is 0 Å². The van der Waals surface area contributed by atoms with Crippen molar-refractivity contribution in [3.05, 3.63) is 35.1 Å². The third-order valence-electron chi connectivity index (χ3n) is 4.69. The zero-order valence-corrected chi connectivity index (χ0v) is 17.3. The van der Waals surface area contributed by atoms with Crippen molar-refractivity contribution >= 4 is 48.8 Å². The van der Waals surface area contributed by atoms with Crippen molar-refractivity contribution in [2.24, 2.45) is 0 Å². The Hall–Kier alpha value is -1.58. The molecule has 1 saturated heterocycles. The number of morpholine rings is 1. The van der Waals surface area contributed by atoms with E-state index in [1.54, 1.807) is 29.5 Å². The van der Waals surface area contributed by atoms with E-state index in [0.29, 0.717) is 18.1 Å². The quantitative estimate of drug-likeness (QED) is 0.653. The lowest BCUT2D eigenvalue weighted by Crippen LogP contribution is -3.09. The van der Waals surface area contributed by atoms with E-state index >= 15 is 0 Å². The lowest BCUT2D eigenvalue weighted by molar-refractivity contribution is -0.843. The maximum absolute atomic E-state index is 11.9. The van der Waals surface area contributed by atoms with E-state index in [9.17, 15) is 8.42 Å². The molecule has 1 aliphatic rings. The second-order valence-corrected chi connectivity index (χ2v) is 9.97. The van der Waals surface area contributed by atoms with Crippen molar-refractivity contribution in [2.45, 2.75) is 11.8 Å². The molecule has 0 atom stereocenters. The number of halogens is 1. The Bertz CT molecular complexity index is 1120. The van der Waals surface area contributed by atoms with E-state index < -0.39 is 9.84 Å². The number of quaternary nitrogens is 1. The molecule has 0 bridgehead atoms. The molecule has 0 aliphatic carbocycles. The summed E-state index contributed by atoms with van der Waals surface area (Å²) in [6.07, 6.45) is 1.22. The van der Waals surface area contributed by atoms with Crippen LogP contribution in [0.1, 0.15) is 5.56 Å². The van der Waals surface area contributed by atoms with Gasteiger partial charge in [-0.25, -0.2) is 13.4 Å². The average Bonchev–Trinajstić information content (AvgIpc) is 2.98. The predicted octanol–water partition coefficient (Wildman–Crippen LogP) is 2.27. The summed E-state index contributed by atoms with van der Waals surface area (Å²) in [5.74, 6) is 0.895. The summed E-state index contributed by atoms with van der Waals surface area (Å²) in [5.41, 5.74) is 2.67. The van der Waals surface area contributed by atoms with Crippen LogP contribution in [0.15, 0.2) is 29.2 Å². The number of aromatic nitrogens is 2. The molecule has 0 amide bonds. The Labute approximate surface area is 166 Å². The molecule has 4 rings (SSSR count). The molecule has 27 heavy (non-hydrogen) atoms. The van der Waals surface area contributed by atoms with Gasteiger partial charge >= 0.3 is 0 Å². The first-order valence-corrected chi connectivity index (χ1v) is 11.6. The second kappa shape index (κ2) is 7.10. The number of rotatable bonds is 3. The average molecular weight is 425 g/mol. The van der Waals surface area contributed by atoms with Crippen molar-refractivity contribution in [2.75, 3.05) is 32.6 Å². The molecule has 0 unspecified atom stereocenters. The van der Waals surface area contributed by atoms with Gasteiger partial charge in [0.1, 0.15) is 17.8 Å². The minimum atomic E-state index is -3.27. The van der Waals surface area contributed by atoms with Gasteiger partial charge < -0.3 is 4.74 Å². The van der Waals surface area contributed by atoms with Gasteiger partial charge in [-0.05, 0) is 41.8 Å². The molecule has 2 aromatic heterocycles. The first-order chi connectivity index (χ1) is 12.8. The Morgan fingerprint density at radius 2 is 1.96 bits per heavy atom. The molecule has 1 N–H and O–H groups in total. The minimum Gasteiger partial charge on any atom is -0.370 e. The zero-order chi connectivity index (χ0) is 19.2. The normalized spacial score (nSPS) is 16.1. The van der Waals surface area contributed by atoms with Crippen molar-refractivity contribution in [1.29, 1.82) is 0 Å². The smallest absolute Gasteiger partial charge is 0.248 e. The molecule has 1 aliphatic heterocycles. The summed E-state index contributed by atoms with van der Waals surface area (Å²) in [6, 6.07) is 7.01. The Kier molecular flexibility index (Phi) is 4.94. The second-order valence-electron chi connectivity index (χ2n) is 6.59. The van der Waals surface area contributed by atoms with Gasteiger partial charge in [0.15, 0.2) is 9.84 Å². The summed E-state index contributed by atoms with van der Waals surface area (Å²) >= 11 is 7.80. The fraction of sp³-hybridized carbons (Fsp3) is 0.333. The number of fused-ring (bicyclic) bond motifs is 1. The predicted molar refractivity (Wildman–Crippen MR) is 107 cm³/mol. The Balaban J connectivity index is 1.90. The highest BCUT2D eigenvalue weighted by atomic mass is 35.5. The summed E-state index contributed by atoms with van der Waals surface area (Å²) in [7, 11) is -3.27. The molecule has 1 aromatic carbocycles. The minimum absolute atomic E-state index is 0.230. The van der Waals surface area contributed by atoms with Crippen LogP contribution < -0.4 is 4.90 Å². The number of nitrogens with one attached hydrogen (secondary N) is 1. The molecule has 3 heterocycles. The van der Waals surface area contributed by atoms with Gasteiger partial charge in [0.05, 0.1) is 23.6 Å². The summed E-state index contributed by atoms with van der Waals surface area (Å²) in [6.45, 7) is 5.03. The topological polar surface area (TPSA) is 73.6 Å². The first kappa shape index (κ1) is 18.8. The molecule has 142 valence electrons. The molecular formula is C18H19ClN3O3S2+. The third kappa shape index (κ3) is 3.60. The SMILES string of the molecule is Cc1c(-c2cccc(S(C)(=O)=O)c2)sc2c([NH+]3CCOCC3)nc(Cl)nc12. The molecule has 1 fully saturated rings. The molecule has 6 nitrogen and oxygen atoms in total. The molecule has 0 radical (unpaired) electrons. The monoisotopic (exact) mass is 424 g/mol. The summed E-state index contributed by atoms with van der Waals surface area (Å²) in [5, 5.41) is 0.230. The van der Waals surface area contributed by atoms with Crippen LogP contribution in [0.3, 0.4) is 0 Å². The third-order valence-corrected chi connectivity index (χ3v) is 7.31. The highest BCUT2D eigenvalue weighted by Crippen LogP contribution is 2.40. The van der Waals surface area contributed by atoms with Gasteiger partial charge in [-0.1, -0.05) is 12.1 Å². The van der Waals surface area contributed by atoms with Crippen LogP contribution in [-0.4, -0.2) is 50.9 Å². The number of benzene rings is 1. The number of aryl methyl sites for hydroxylation is 1. The summed E-state index contributed by atoms with van der Waals surface area (Å²) in [4.78, 5) is 11.5. The van der Waals surface area contributed by atoms with Gasteiger partial charge in [-0.3, -0.25) is 4.90 Å². The number of nitrogens with zero attached hydrogens (tertiary/aromatic N) is 2. The zero-order valence-electron chi connectivity index (χ0n) is 15.0. The van der Waals surface area contributed by atoms with Crippen LogP contribution in [0, 0.1) is 6.92 Å². The number of sulfone groups is 1. The lowest BCUT2D eigenvalue weighted by atomic mass is 10.1. The molecular weight excluding hydrogens is 406 g/mol. The van der Waals surface area contributed by atoms with E-state index in [0.717, 1.165) is 45.1 Å². The lowest BCUT2D eigenvalue weighted by Gasteiger charge is -2.22. The standard InChI is InChI=1S/C18H18ClN3O3S2/c1-11-14-16(17(21-18(19)20-14)22-6-8-25-9-7-22)26-15(11)12-4-3-5-13(10-12)27(2,23)24/h3-5,10H,6-9H2,1-2H3/p+1. The Morgan fingerprint density at radius 3 is 2.67 bits per heavy atom. The van der Waals surface area contributed by atoms with Crippen molar-refractivity contribution in [1.82, 2.24) is 9.97 Å². The molecule has 0 spiro atoms. The number of thiophene rings is 1. The highest BCUT2D eigenvalue weighted by Gasteiger charge is 2.26. The first-order valence-electron chi connectivity index (χ1n) is 8.54. The fourth-order valence-electron chi connectivity index (χ4n) is 3.30. The number of hydrogen-bond acceptors (Lipinski definition) is 6. The van der Waals surface area contributed by atoms with E-state index in [2.05, 4.69) is 9.97 Å². The number of hydrogen-bond donors (Lipinski definition) is 1. The van der Waals surface area contributed by atoms with Crippen LogP contribution in [0.2, 0.25) is 5.28 Å². The number of ether oxygens (including phenoxy) is 1. The maximum Gasteiger partial charge on any atom is 0.248 e. The van der Waals surface area contributed by atoms with E-state index in [4.69, 9.17) is 16.3 Å². The van der Waals surface area contributed by atoms with E-state index in [1.165, 1.54) is 11.2 Å². The van der Waals surface area contributed by atoms with E-state index in [-0.39, 0.29) is 5.28 Å². The fourth-order valence-corrected chi connectivity index (χ4v) is 5.41. The highest BCUT2D eigenvalue weighted by molar-refractivity contribution is 7.90. The summed E-state index contributed by atoms with van der Waals surface area (Å²) < 4.78 is 30.3. The van der Waals surface area contributed by atoms with Crippen LogP contribution in [0.25, 0.3) is 20.7 Å². The van der Waals surface area contributed by atoms with Gasteiger partial charge in [0.25, 0.3) is 0 Å². The van der Waals surface area contributed by atoms with Gasteiger partial charge in [0.2, 0.25) is 11.1 Å².